The molecule has 0 amide bonds. The number of nitrogens with two attached hydrogens (primary N) is 1. The van der Waals surface area contributed by atoms with Gasteiger partial charge in [-0.2, -0.15) is 0 Å². The van der Waals surface area contributed by atoms with Crippen molar-refractivity contribution in [3.8, 4) is 0 Å². The summed E-state index contributed by atoms with van der Waals surface area (Å²) in [5.74, 6) is -0.447. The van der Waals surface area contributed by atoms with Crippen LogP contribution in [0.3, 0.4) is 0 Å². The van der Waals surface area contributed by atoms with Gasteiger partial charge in [0.2, 0.25) is 0 Å². The van der Waals surface area contributed by atoms with E-state index in [-0.39, 0.29) is 6.61 Å². The lowest BCUT2D eigenvalue weighted by Crippen LogP contribution is -2.05. The van der Waals surface area contributed by atoms with Crippen LogP contribution in [0.25, 0.3) is 0 Å². The fourth-order valence-electron chi connectivity index (χ4n) is 1.47. The van der Waals surface area contributed by atoms with Gasteiger partial charge in [0, 0.05) is 5.02 Å². The summed E-state index contributed by atoms with van der Waals surface area (Å²) in [6.45, 7) is 0.179. The Balaban J connectivity index is 2.01. The van der Waals surface area contributed by atoms with Gasteiger partial charge in [0.25, 0.3) is 0 Å². The van der Waals surface area contributed by atoms with E-state index in [0.717, 1.165) is 5.56 Å². The first-order valence-corrected chi connectivity index (χ1v) is 6.28. The Hall–Kier alpha value is -1.71. The minimum absolute atomic E-state index is 0.179. The van der Waals surface area contributed by atoms with E-state index in [4.69, 9.17) is 33.7 Å². The van der Waals surface area contributed by atoms with Crippen molar-refractivity contribution in [1.82, 2.24) is 0 Å². The van der Waals surface area contributed by atoms with E-state index < -0.39 is 5.97 Å². The molecule has 0 unspecified atom stereocenters. The zero-order valence-electron chi connectivity index (χ0n) is 9.90. The van der Waals surface area contributed by atoms with Gasteiger partial charge in [-0.1, -0.05) is 35.3 Å². The van der Waals surface area contributed by atoms with Crippen molar-refractivity contribution in [2.24, 2.45) is 0 Å². The summed E-state index contributed by atoms with van der Waals surface area (Å²) in [4.78, 5) is 11.8. The summed E-state index contributed by atoms with van der Waals surface area (Å²) < 4.78 is 5.17. The number of carbonyl (C=O) groups excluding carboxylic acids is 1. The van der Waals surface area contributed by atoms with Gasteiger partial charge in [0.1, 0.15) is 6.61 Å². The second kappa shape index (κ2) is 5.95. The van der Waals surface area contributed by atoms with Crippen LogP contribution in [0, 0.1) is 0 Å². The molecular weight excluding hydrogens is 285 g/mol. The van der Waals surface area contributed by atoms with E-state index in [1.165, 1.54) is 6.07 Å². The summed E-state index contributed by atoms with van der Waals surface area (Å²) in [6, 6.07) is 11.7. The first kappa shape index (κ1) is 13.7. The van der Waals surface area contributed by atoms with Gasteiger partial charge in [-0.3, -0.25) is 0 Å². The van der Waals surface area contributed by atoms with E-state index in [2.05, 4.69) is 0 Å². The highest BCUT2D eigenvalue weighted by molar-refractivity contribution is 6.33. The molecule has 0 saturated carbocycles. The van der Waals surface area contributed by atoms with Crippen LogP contribution in [0.4, 0.5) is 5.69 Å². The number of benzene rings is 2. The van der Waals surface area contributed by atoms with Crippen molar-refractivity contribution in [2.75, 3.05) is 5.73 Å². The van der Waals surface area contributed by atoms with Crippen LogP contribution in [-0.4, -0.2) is 5.97 Å². The Bertz CT molecular complexity index is 597. The Morgan fingerprint density at radius 2 is 1.79 bits per heavy atom. The molecule has 98 valence electrons. The van der Waals surface area contributed by atoms with Crippen molar-refractivity contribution in [1.29, 1.82) is 0 Å². The number of ether oxygens (including phenoxy) is 1. The predicted octanol–water partition coefficient (Wildman–Crippen LogP) is 3.93. The van der Waals surface area contributed by atoms with Crippen LogP contribution in [0.5, 0.6) is 0 Å². The number of carbonyl (C=O) groups is 1. The standard InChI is InChI=1S/C14H11Cl2NO2/c15-11-4-1-9(2-5-11)8-19-14(18)10-3-6-13(17)12(16)7-10/h1-7H,8,17H2. The van der Waals surface area contributed by atoms with Crippen molar-refractivity contribution >= 4 is 34.9 Å². The monoisotopic (exact) mass is 295 g/mol. The third-order valence-electron chi connectivity index (χ3n) is 2.52. The lowest BCUT2D eigenvalue weighted by atomic mass is 10.2. The molecule has 2 aromatic rings. The molecule has 0 aliphatic rings. The minimum atomic E-state index is -0.447. The SMILES string of the molecule is Nc1ccc(C(=O)OCc2ccc(Cl)cc2)cc1Cl. The zero-order chi connectivity index (χ0) is 13.8. The van der Waals surface area contributed by atoms with E-state index >= 15 is 0 Å². The zero-order valence-corrected chi connectivity index (χ0v) is 11.4. The fourth-order valence-corrected chi connectivity index (χ4v) is 1.77. The molecule has 0 atom stereocenters. The highest BCUT2D eigenvalue weighted by atomic mass is 35.5. The fraction of sp³-hybridized carbons (Fsp3) is 0.0714. The highest BCUT2D eigenvalue weighted by Gasteiger charge is 2.09. The maximum Gasteiger partial charge on any atom is 0.338 e. The molecule has 2 aromatic carbocycles. The minimum Gasteiger partial charge on any atom is -0.457 e. The normalized spacial score (nSPS) is 10.2. The molecule has 5 heteroatoms. The summed E-state index contributed by atoms with van der Waals surface area (Å²) >= 11 is 11.6. The summed E-state index contributed by atoms with van der Waals surface area (Å²) in [5.41, 5.74) is 7.23. The molecule has 2 rings (SSSR count). The lowest BCUT2D eigenvalue weighted by molar-refractivity contribution is 0.0473. The average Bonchev–Trinajstić information content (AvgIpc) is 2.41. The lowest BCUT2D eigenvalue weighted by Gasteiger charge is -2.06. The van der Waals surface area contributed by atoms with Crippen molar-refractivity contribution in [3.05, 3.63) is 63.6 Å². The molecule has 0 bridgehead atoms. The first-order chi connectivity index (χ1) is 9.06. The molecule has 19 heavy (non-hydrogen) atoms. The smallest absolute Gasteiger partial charge is 0.338 e. The molecule has 0 spiro atoms. The number of hydrogen-bond acceptors (Lipinski definition) is 3. The molecular formula is C14H11Cl2NO2. The molecule has 0 heterocycles. The van der Waals surface area contributed by atoms with Gasteiger partial charge in [0.15, 0.2) is 0 Å². The van der Waals surface area contributed by atoms with Crippen LogP contribution in [0.1, 0.15) is 15.9 Å². The van der Waals surface area contributed by atoms with Gasteiger partial charge in [-0.05, 0) is 35.9 Å². The van der Waals surface area contributed by atoms with Crippen molar-refractivity contribution in [2.45, 2.75) is 6.61 Å². The number of anilines is 1. The number of nitrogen functional groups attached to an aromatic ring is 1. The highest BCUT2D eigenvalue weighted by Crippen LogP contribution is 2.20. The van der Waals surface area contributed by atoms with Crippen LogP contribution in [-0.2, 0) is 11.3 Å². The second-order valence-electron chi connectivity index (χ2n) is 3.94. The maximum atomic E-state index is 11.8. The molecule has 0 aromatic heterocycles. The Morgan fingerprint density at radius 1 is 1.11 bits per heavy atom. The maximum absolute atomic E-state index is 11.8. The van der Waals surface area contributed by atoms with E-state index in [0.29, 0.717) is 21.3 Å². The summed E-state index contributed by atoms with van der Waals surface area (Å²) in [6.07, 6.45) is 0. The quantitative estimate of drug-likeness (QED) is 0.689. The Morgan fingerprint density at radius 3 is 2.42 bits per heavy atom. The average molecular weight is 296 g/mol. The first-order valence-electron chi connectivity index (χ1n) is 5.53. The van der Waals surface area contributed by atoms with E-state index in [1.807, 2.05) is 0 Å². The van der Waals surface area contributed by atoms with E-state index in [9.17, 15) is 4.79 Å². The largest absolute Gasteiger partial charge is 0.457 e. The molecule has 0 fully saturated rings. The molecule has 0 aliphatic carbocycles. The second-order valence-corrected chi connectivity index (χ2v) is 4.78. The van der Waals surface area contributed by atoms with Crippen LogP contribution in [0.2, 0.25) is 10.0 Å². The van der Waals surface area contributed by atoms with Gasteiger partial charge in [-0.25, -0.2) is 4.79 Å². The number of hydrogen-bond donors (Lipinski definition) is 1. The Kier molecular flexibility index (Phi) is 4.30. The van der Waals surface area contributed by atoms with Crippen molar-refractivity contribution < 1.29 is 9.53 Å². The summed E-state index contributed by atoms with van der Waals surface area (Å²) in [5, 5.41) is 0.973. The van der Waals surface area contributed by atoms with Crippen LogP contribution in [0.15, 0.2) is 42.5 Å². The number of halogens is 2. The third kappa shape index (κ3) is 3.63. The Labute approximate surface area is 120 Å². The number of esters is 1. The topological polar surface area (TPSA) is 52.3 Å². The van der Waals surface area contributed by atoms with Crippen LogP contribution >= 0.6 is 23.2 Å². The molecule has 2 N–H and O–H groups in total. The third-order valence-corrected chi connectivity index (χ3v) is 3.10. The van der Waals surface area contributed by atoms with Crippen molar-refractivity contribution in [3.63, 3.8) is 0 Å². The molecule has 0 saturated heterocycles. The van der Waals surface area contributed by atoms with E-state index in [1.54, 1.807) is 36.4 Å². The van der Waals surface area contributed by atoms with Gasteiger partial charge in [-0.15, -0.1) is 0 Å². The molecule has 0 radical (unpaired) electrons. The predicted molar refractivity (Wildman–Crippen MR) is 76.4 cm³/mol. The van der Waals surface area contributed by atoms with Gasteiger partial charge in [0.05, 0.1) is 16.3 Å². The van der Waals surface area contributed by atoms with Gasteiger partial charge >= 0.3 is 5.97 Å². The van der Waals surface area contributed by atoms with Gasteiger partial charge < -0.3 is 10.5 Å². The van der Waals surface area contributed by atoms with Crippen LogP contribution < -0.4 is 5.73 Å². The molecule has 3 nitrogen and oxygen atoms in total. The molecule has 0 aliphatic heterocycles. The number of rotatable bonds is 3. The summed E-state index contributed by atoms with van der Waals surface area (Å²) in [7, 11) is 0.